The van der Waals surface area contributed by atoms with Crippen molar-refractivity contribution in [2.75, 3.05) is 13.7 Å². The van der Waals surface area contributed by atoms with Gasteiger partial charge in [0.05, 0.1) is 20.1 Å². The molecule has 1 fully saturated rings. The summed E-state index contributed by atoms with van der Waals surface area (Å²) in [6, 6.07) is 11.7. The Morgan fingerprint density at radius 2 is 2.03 bits per heavy atom. The van der Waals surface area contributed by atoms with E-state index in [-0.39, 0.29) is 5.91 Å². The first-order chi connectivity index (χ1) is 15.0. The summed E-state index contributed by atoms with van der Waals surface area (Å²) in [5.74, 6) is 3.01. The van der Waals surface area contributed by atoms with Crippen LogP contribution >= 0.6 is 0 Å². The molecule has 2 heterocycles. The number of para-hydroxylation sites is 1. The summed E-state index contributed by atoms with van der Waals surface area (Å²) in [5, 5.41) is 0. The molecule has 31 heavy (non-hydrogen) atoms. The minimum absolute atomic E-state index is 0.100. The Hall–Kier alpha value is -2.89. The van der Waals surface area contributed by atoms with Crippen LogP contribution in [-0.2, 0) is 24.3 Å². The maximum Gasteiger partial charge on any atom is 0.227 e. The van der Waals surface area contributed by atoms with Crippen molar-refractivity contribution < 1.29 is 9.53 Å². The number of imidazole rings is 1. The highest BCUT2D eigenvalue weighted by atomic mass is 16.5. The van der Waals surface area contributed by atoms with Crippen LogP contribution in [0.2, 0.25) is 0 Å². The molecule has 1 amide bonds. The summed E-state index contributed by atoms with van der Waals surface area (Å²) < 4.78 is 7.68. The van der Waals surface area contributed by atoms with E-state index in [1.807, 2.05) is 47.5 Å². The Morgan fingerprint density at radius 1 is 1.23 bits per heavy atom. The number of nitrogens with zero attached hydrogens (tertiary/aromatic N) is 4. The zero-order valence-electron chi connectivity index (χ0n) is 18.8. The molecule has 6 nitrogen and oxygen atoms in total. The van der Waals surface area contributed by atoms with Crippen LogP contribution < -0.4 is 4.74 Å². The maximum absolute atomic E-state index is 13.4. The van der Waals surface area contributed by atoms with Gasteiger partial charge in [0.25, 0.3) is 0 Å². The van der Waals surface area contributed by atoms with E-state index in [1.54, 1.807) is 7.11 Å². The Balaban J connectivity index is 1.60. The van der Waals surface area contributed by atoms with Crippen molar-refractivity contribution in [3.63, 3.8) is 0 Å². The largest absolute Gasteiger partial charge is 0.496 e. The Kier molecular flexibility index (Phi) is 6.54. The van der Waals surface area contributed by atoms with E-state index >= 15 is 0 Å². The Morgan fingerprint density at radius 3 is 2.77 bits per heavy atom. The fourth-order valence-electron chi connectivity index (χ4n) is 3.88. The van der Waals surface area contributed by atoms with Gasteiger partial charge in [-0.3, -0.25) is 4.79 Å². The zero-order valence-corrected chi connectivity index (χ0v) is 18.8. The number of hydrogen-bond acceptors (Lipinski definition) is 4. The van der Waals surface area contributed by atoms with Crippen molar-refractivity contribution in [2.45, 2.75) is 52.6 Å². The van der Waals surface area contributed by atoms with Gasteiger partial charge in [0.15, 0.2) is 5.65 Å². The zero-order chi connectivity index (χ0) is 21.8. The number of pyridine rings is 1. The van der Waals surface area contributed by atoms with Gasteiger partial charge in [0.2, 0.25) is 5.91 Å². The molecule has 1 aliphatic carbocycles. The van der Waals surface area contributed by atoms with Gasteiger partial charge in [-0.2, -0.15) is 0 Å². The van der Waals surface area contributed by atoms with E-state index in [2.05, 4.69) is 23.4 Å². The van der Waals surface area contributed by atoms with Crippen LogP contribution in [0, 0.1) is 11.8 Å². The quantitative estimate of drug-likeness (QED) is 0.486. The molecule has 0 spiro atoms. The molecule has 164 valence electrons. The minimum atomic E-state index is 0.100. The van der Waals surface area contributed by atoms with Crippen molar-refractivity contribution in [2.24, 2.45) is 11.8 Å². The average Bonchev–Trinajstić information content (AvgIpc) is 3.52. The predicted octanol–water partition coefficient (Wildman–Crippen LogP) is 4.47. The predicted molar refractivity (Wildman–Crippen MR) is 122 cm³/mol. The molecule has 1 aliphatic rings. The normalized spacial score (nSPS) is 13.7. The van der Waals surface area contributed by atoms with E-state index in [1.165, 1.54) is 12.8 Å². The third kappa shape index (κ3) is 5.24. The fourth-order valence-corrected chi connectivity index (χ4v) is 3.88. The molecule has 1 aromatic carbocycles. The number of rotatable bonds is 10. The van der Waals surface area contributed by atoms with Crippen LogP contribution in [0.1, 0.15) is 44.5 Å². The number of benzene rings is 1. The van der Waals surface area contributed by atoms with Gasteiger partial charge in [-0.05, 0) is 49.3 Å². The second kappa shape index (κ2) is 9.50. The number of carbonyl (C=O) groups is 1. The first-order valence-corrected chi connectivity index (χ1v) is 11.2. The first kappa shape index (κ1) is 21.3. The van der Waals surface area contributed by atoms with E-state index in [9.17, 15) is 4.79 Å². The lowest BCUT2D eigenvalue weighted by atomic mass is 10.1. The molecule has 0 bridgehead atoms. The molecule has 0 saturated heterocycles. The molecule has 0 aliphatic heterocycles. The van der Waals surface area contributed by atoms with Crippen LogP contribution in [0.5, 0.6) is 5.75 Å². The average molecular weight is 421 g/mol. The highest BCUT2D eigenvalue weighted by molar-refractivity contribution is 5.79. The summed E-state index contributed by atoms with van der Waals surface area (Å²) in [5.41, 5.74) is 2.74. The molecule has 0 atom stereocenters. The lowest BCUT2D eigenvalue weighted by Crippen LogP contribution is -2.34. The monoisotopic (exact) mass is 420 g/mol. The molecule has 3 aromatic rings. The van der Waals surface area contributed by atoms with Crippen LogP contribution in [0.4, 0.5) is 0 Å². The minimum Gasteiger partial charge on any atom is -0.496 e. The van der Waals surface area contributed by atoms with Gasteiger partial charge in [-0.25, -0.2) is 9.97 Å². The standard InChI is InChI=1S/C25H32N4O2/c1-18(2)12-14-28(24(30)15-20-7-4-5-9-22(20)31-3)17-23-27-21-8-6-13-26-25(21)29(23)16-19-10-11-19/h4-9,13,18-19H,10-12,14-17H2,1-3H3. The first-order valence-electron chi connectivity index (χ1n) is 11.2. The fraction of sp³-hybridized carbons (Fsp3) is 0.480. The SMILES string of the molecule is COc1ccccc1CC(=O)N(CCC(C)C)Cc1nc2cccnc2n1CC1CC1. The molecule has 4 rings (SSSR count). The molecule has 0 N–H and O–H groups in total. The molecular formula is C25H32N4O2. The summed E-state index contributed by atoms with van der Waals surface area (Å²) in [4.78, 5) is 24.8. The molecular weight excluding hydrogens is 388 g/mol. The van der Waals surface area contributed by atoms with Crippen molar-refractivity contribution in [3.05, 3.63) is 54.0 Å². The summed E-state index contributed by atoms with van der Waals surface area (Å²) in [6.07, 6.45) is 5.62. The number of aromatic nitrogens is 3. The number of hydrogen-bond donors (Lipinski definition) is 0. The van der Waals surface area contributed by atoms with E-state index in [0.29, 0.717) is 31.3 Å². The van der Waals surface area contributed by atoms with Gasteiger partial charge in [-0.1, -0.05) is 32.0 Å². The Bertz CT molecular complexity index is 1040. The molecule has 2 aromatic heterocycles. The second-order valence-corrected chi connectivity index (χ2v) is 8.91. The van der Waals surface area contributed by atoms with E-state index < -0.39 is 0 Å². The summed E-state index contributed by atoms with van der Waals surface area (Å²) >= 11 is 0. The van der Waals surface area contributed by atoms with E-state index in [4.69, 9.17) is 9.72 Å². The third-order valence-electron chi connectivity index (χ3n) is 5.92. The molecule has 1 saturated carbocycles. The number of amides is 1. The van der Waals surface area contributed by atoms with Gasteiger partial charge < -0.3 is 14.2 Å². The lowest BCUT2D eigenvalue weighted by Gasteiger charge is -2.24. The van der Waals surface area contributed by atoms with Crippen molar-refractivity contribution in [3.8, 4) is 5.75 Å². The van der Waals surface area contributed by atoms with Crippen LogP contribution in [0.15, 0.2) is 42.6 Å². The van der Waals surface area contributed by atoms with Crippen molar-refractivity contribution in [1.29, 1.82) is 0 Å². The van der Waals surface area contributed by atoms with Crippen LogP contribution in [0.25, 0.3) is 11.2 Å². The van der Waals surface area contributed by atoms with Crippen molar-refractivity contribution in [1.82, 2.24) is 19.4 Å². The number of ether oxygens (including phenoxy) is 1. The maximum atomic E-state index is 13.4. The number of fused-ring (bicyclic) bond motifs is 1. The second-order valence-electron chi connectivity index (χ2n) is 8.91. The highest BCUT2D eigenvalue weighted by Gasteiger charge is 2.26. The smallest absolute Gasteiger partial charge is 0.227 e. The van der Waals surface area contributed by atoms with E-state index in [0.717, 1.165) is 41.3 Å². The highest BCUT2D eigenvalue weighted by Crippen LogP contribution is 2.32. The third-order valence-corrected chi connectivity index (χ3v) is 5.92. The van der Waals surface area contributed by atoms with Crippen LogP contribution in [-0.4, -0.2) is 39.0 Å². The van der Waals surface area contributed by atoms with Gasteiger partial charge >= 0.3 is 0 Å². The topological polar surface area (TPSA) is 60.2 Å². The number of carbonyl (C=O) groups excluding carboxylic acids is 1. The van der Waals surface area contributed by atoms with Gasteiger partial charge in [0.1, 0.15) is 17.1 Å². The summed E-state index contributed by atoms with van der Waals surface area (Å²) in [7, 11) is 1.65. The molecule has 0 unspecified atom stereocenters. The summed E-state index contributed by atoms with van der Waals surface area (Å²) in [6.45, 7) is 6.53. The lowest BCUT2D eigenvalue weighted by molar-refractivity contribution is -0.131. The van der Waals surface area contributed by atoms with Crippen LogP contribution in [0.3, 0.4) is 0 Å². The molecule has 6 heteroatoms. The van der Waals surface area contributed by atoms with Gasteiger partial charge in [0, 0.05) is 24.8 Å². The number of methoxy groups -OCH3 is 1. The molecule has 0 radical (unpaired) electrons. The van der Waals surface area contributed by atoms with Gasteiger partial charge in [-0.15, -0.1) is 0 Å². The Labute approximate surface area is 184 Å². The van der Waals surface area contributed by atoms with Crippen molar-refractivity contribution >= 4 is 17.1 Å².